The van der Waals surface area contributed by atoms with Crippen LogP contribution in [-0.4, -0.2) is 20.2 Å². The molecule has 0 aliphatic carbocycles. The van der Waals surface area contributed by atoms with Crippen molar-refractivity contribution in [1.29, 1.82) is 0 Å². The molecule has 23 heavy (non-hydrogen) atoms. The molecular weight excluding hydrogens is 332 g/mol. The van der Waals surface area contributed by atoms with Crippen LogP contribution in [0, 0.1) is 6.92 Å². The molecule has 0 aliphatic heterocycles. The summed E-state index contributed by atoms with van der Waals surface area (Å²) in [4.78, 5) is 0. The van der Waals surface area contributed by atoms with Crippen molar-refractivity contribution in [2.24, 2.45) is 0 Å². The van der Waals surface area contributed by atoms with Crippen LogP contribution in [-0.2, 0) is 12.4 Å². The van der Waals surface area contributed by atoms with Crippen LogP contribution < -0.4 is 5.23 Å². The van der Waals surface area contributed by atoms with Crippen LogP contribution in [0.25, 0.3) is 5.69 Å². The molecule has 126 valence electrons. The zero-order chi connectivity index (χ0) is 17.6. The van der Waals surface area contributed by atoms with Gasteiger partial charge in [0.25, 0.3) is 0 Å². The number of anilines is 1. The van der Waals surface area contributed by atoms with Crippen molar-refractivity contribution in [3.8, 4) is 5.69 Å². The number of benzene rings is 1. The maximum atomic E-state index is 13.1. The third-order valence-electron chi connectivity index (χ3n) is 2.96. The van der Waals surface area contributed by atoms with Gasteiger partial charge in [-0.25, -0.2) is 4.68 Å². The third-order valence-corrected chi connectivity index (χ3v) is 2.96. The van der Waals surface area contributed by atoms with Crippen LogP contribution in [0.4, 0.5) is 32.0 Å². The minimum atomic E-state index is -5.06. The molecule has 0 aliphatic rings. The number of hydrogen-bond donors (Lipinski definition) is 2. The Hall–Kier alpha value is -2.27. The van der Waals surface area contributed by atoms with Gasteiger partial charge in [0.2, 0.25) is 0 Å². The lowest BCUT2D eigenvalue weighted by Crippen LogP contribution is -2.15. The average Bonchev–Trinajstić information content (AvgIpc) is 2.78. The summed E-state index contributed by atoms with van der Waals surface area (Å²) >= 11 is 0. The molecule has 1 heterocycles. The summed E-state index contributed by atoms with van der Waals surface area (Å²) in [6, 6.07) is 1.07. The Kier molecular flexibility index (Phi) is 4.03. The first-order chi connectivity index (χ1) is 10.4. The van der Waals surface area contributed by atoms with E-state index in [-0.39, 0.29) is 22.7 Å². The van der Waals surface area contributed by atoms with Crippen molar-refractivity contribution < 1.29 is 36.8 Å². The molecule has 1 aromatic carbocycles. The van der Waals surface area contributed by atoms with Crippen molar-refractivity contribution >= 4 is 5.69 Å². The van der Waals surface area contributed by atoms with Gasteiger partial charge in [0.1, 0.15) is 5.69 Å². The van der Waals surface area contributed by atoms with Gasteiger partial charge in [-0.3, -0.25) is 10.4 Å². The lowest BCUT2D eigenvalue weighted by Gasteiger charge is -2.15. The average molecular weight is 341 g/mol. The van der Waals surface area contributed by atoms with Crippen LogP contribution in [0.1, 0.15) is 16.8 Å². The van der Waals surface area contributed by atoms with Crippen LogP contribution in [0.15, 0.2) is 24.4 Å². The lowest BCUT2D eigenvalue weighted by molar-refractivity contribution is -0.143. The van der Waals surface area contributed by atoms with Gasteiger partial charge in [0, 0.05) is 0 Å². The molecule has 2 rings (SSSR count). The number of aromatic nitrogens is 2. The van der Waals surface area contributed by atoms with Crippen molar-refractivity contribution in [3.63, 3.8) is 0 Å². The summed E-state index contributed by atoms with van der Waals surface area (Å²) in [5.41, 5.74) is -4.05. The van der Waals surface area contributed by atoms with Gasteiger partial charge in [0.15, 0.2) is 0 Å². The van der Waals surface area contributed by atoms with Gasteiger partial charge < -0.3 is 0 Å². The molecule has 0 saturated carbocycles. The molecule has 0 bridgehead atoms. The van der Waals surface area contributed by atoms with Gasteiger partial charge in [-0.05, 0) is 25.1 Å². The largest absolute Gasteiger partial charge is 0.418 e. The lowest BCUT2D eigenvalue weighted by atomic mass is 10.1. The topological polar surface area (TPSA) is 61.5 Å². The summed E-state index contributed by atoms with van der Waals surface area (Å²) in [5, 5.41) is 21.1. The SMILES string of the molecule is Cc1nn(-c2ccc(C(F)(F)F)cc2C(F)(F)F)cc1N(O)O. The molecule has 5 nitrogen and oxygen atoms in total. The summed E-state index contributed by atoms with van der Waals surface area (Å²) in [6.45, 7) is 1.28. The fourth-order valence-electron chi connectivity index (χ4n) is 1.91. The minimum absolute atomic E-state index is 0.0261. The molecule has 0 unspecified atom stereocenters. The fourth-order valence-corrected chi connectivity index (χ4v) is 1.91. The van der Waals surface area contributed by atoms with Crippen LogP contribution in [0.3, 0.4) is 0 Å². The van der Waals surface area contributed by atoms with Crippen molar-refractivity contribution in [1.82, 2.24) is 9.78 Å². The third kappa shape index (κ3) is 3.40. The highest BCUT2D eigenvalue weighted by Gasteiger charge is 2.39. The quantitative estimate of drug-likeness (QED) is 0.644. The number of aryl methyl sites for hydroxylation is 1. The van der Waals surface area contributed by atoms with Gasteiger partial charge in [0.05, 0.1) is 28.7 Å². The van der Waals surface area contributed by atoms with Gasteiger partial charge in [-0.15, -0.1) is 5.23 Å². The highest BCUT2D eigenvalue weighted by molar-refractivity contribution is 5.50. The summed E-state index contributed by atoms with van der Waals surface area (Å²) in [5.74, 6) is 0. The molecule has 0 atom stereocenters. The van der Waals surface area contributed by atoms with Gasteiger partial charge >= 0.3 is 12.4 Å². The van der Waals surface area contributed by atoms with Crippen molar-refractivity contribution in [3.05, 3.63) is 41.2 Å². The van der Waals surface area contributed by atoms with Crippen LogP contribution >= 0.6 is 0 Å². The Morgan fingerprint density at radius 2 is 1.65 bits per heavy atom. The monoisotopic (exact) mass is 341 g/mol. The Morgan fingerprint density at radius 3 is 2.09 bits per heavy atom. The predicted molar refractivity (Wildman–Crippen MR) is 64.4 cm³/mol. The first-order valence-electron chi connectivity index (χ1n) is 5.94. The van der Waals surface area contributed by atoms with E-state index in [9.17, 15) is 26.3 Å². The molecule has 0 fully saturated rings. The zero-order valence-corrected chi connectivity index (χ0v) is 11.3. The normalized spacial score (nSPS) is 12.6. The predicted octanol–water partition coefficient (Wildman–Crippen LogP) is 3.80. The molecule has 0 amide bonds. The number of hydrogen-bond acceptors (Lipinski definition) is 4. The number of rotatable bonds is 2. The first-order valence-corrected chi connectivity index (χ1v) is 5.94. The second-order valence-electron chi connectivity index (χ2n) is 4.56. The Labute approximate surface area is 124 Å². The van der Waals surface area contributed by atoms with E-state index < -0.39 is 29.2 Å². The maximum absolute atomic E-state index is 13.1. The molecule has 1 aromatic heterocycles. The second kappa shape index (κ2) is 5.42. The van der Waals surface area contributed by atoms with E-state index in [0.717, 1.165) is 6.20 Å². The van der Waals surface area contributed by atoms with Crippen LogP contribution in [0.2, 0.25) is 0 Å². The van der Waals surface area contributed by atoms with Gasteiger partial charge in [-0.2, -0.15) is 31.4 Å². The number of alkyl halides is 6. The van der Waals surface area contributed by atoms with E-state index in [0.29, 0.717) is 16.8 Å². The number of halogens is 6. The highest BCUT2D eigenvalue weighted by atomic mass is 19.4. The summed E-state index contributed by atoms with van der Waals surface area (Å²) < 4.78 is 77.6. The van der Waals surface area contributed by atoms with Crippen LogP contribution in [0.5, 0.6) is 0 Å². The highest BCUT2D eigenvalue weighted by Crippen LogP contribution is 2.38. The fraction of sp³-hybridized carbons (Fsp3) is 0.250. The Morgan fingerprint density at radius 1 is 1.04 bits per heavy atom. The molecule has 11 heteroatoms. The van der Waals surface area contributed by atoms with Gasteiger partial charge in [-0.1, -0.05) is 0 Å². The van der Waals surface area contributed by atoms with E-state index in [1.165, 1.54) is 6.92 Å². The number of nitrogens with zero attached hydrogens (tertiary/aromatic N) is 3. The summed E-state index contributed by atoms with van der Waals surface area (Å²) in [7, 11) is 0. The second-order valence-corrected chi connectivity index (χ2v) is 4.56. The smallest absolute Gasteiger partial charge is 0.264 e. The molecular formula is C12H9F6N3O2. The minimum Gasteiger partial charge on any atom is -0.264 e. The van der Waals surface area contributed by atoms with E-state index >= 15 is 0 Å². The van der Waals surface area contributed by atoms with Crippen molar-refractivity contribution in [2.45, 2.75) is 19.3 Å². The van der Waals surface area contributed by atoms with E-state index in [4.69, 9.17) is 10.4 Å². The first kappa shape index (κ1) is 17.1. The maximum Gasteiger partial charge on any atom is 0.418 e. The Balaban J connectivity index is 2.65. The molecule has 0 spiro atoms. The Bertz CT molecular complexity index is 721. The van der Waals surface area contributed by atoms with E-state index in [2.05, 4.69) is 5.10 Å². The van der Waals surface area contributed by atoms with Crippen molar-refractivity contribution in [2.75, 3.05) is 5.23 Å². The molecule has 2 N–H and O–H groups in total. The standard InChI is InChI=1S/C12H9F6N3O2/c1-6-10(21(22)23)5-20(19-6)9-3-2-7(11(13,14)15)4-8(9)12(16,17)18/h2-5,22-23H,1H3. The van der Waals surface area contributed by atoms with E-state index in [1.54, 1.807) is 0 Å². The molecule has 2 aromatic rings. The molecule has 0 saturated heterocycles. The summed E-state index contributed by atoms with van der Waals surface area (Å²) in [6.07, 6.45) is -9.15. The van der Waals surface area contributed by atoms with E-state index in [1.807, 2.05) is 0 Å². The zero-order valence-electron chi connectivity index (χ0n) is 11.3. The molecule has 0 radical (unpaired) electrons.